The first-order valence-electron chi connectivity index (χ1n) is 4.82. The molecule has 1 fully saturated rings. The number of carbonyl (C=O) groups is 2. The molecule has 0 aliphatic carbocycles. The van der Waals surface area contributed by atoms with Crippen molar-refractivity contribution in [3.63, 3.8) is 0 Å². The molecule has 1 aliphatic heterocycles. The Labute approximate surface area is 88.4 Å². The third-order valence-electron chi connectivity index (χ3n) is 2.65. The molecule has 0 saturated carbocycles. The van der Waals surface area contributed by atoms with E-state index in [4.69, 9.17) is 9.84 Å². The fourth-order valence-electron chi connectivity index (χ4n) is 1.79. The lowest BCUT2D eigenvalue weighted by molar-refractivity contribution is -0.177. The van der Waals surface area contributed by atoms with Gasteiger partial charge in [-0.15, -0.1) is 0 Å². The number of hydrogen-bond acceptors (Lipinski definition) is 4. The zero-order valence-electron chi connectivity index (χ0n) is 9.20. The minimum Gasteiger partial charge on any atom is -0.479 e. The van der Waals surface area contributed by atoms with E-state index >= 15 is 0 Å². The summed E-state index contributed by atoms with van der Waals surface area (Å²) in [6.07, 6.45) is 0.725. The summed E-state index contributed by atoms with van der Waals surface area (Å²) in [6.45, 7) is 3.63. The average molecular weight is 216 g/mol. The fourth-order valence-corrected chi connectivity index (χ4v) is 1.79. The van der Waals surface area contributed by atoms with Crippen LogP contribution in [0.15, 0.2) is 0 Å². The molecule has 5 heteroatoms. The number of carboxylic acids is 1. The predicted molar refractivity (Wildman–Crippen MR) is 51.4 cm³/mol. The van der Waals surface area contributed by atoms with E-state index < -0.39 is 23.1 Å². The lowest BCUT2D eigenvalue weighted by Crippen LogP contribution is -2.42. The van der Waals surface area contributed by atoms with Crippen LogP contribution in [-0.4, -0.2) is 35.4 Å². The van der Waals surface area contributed by atoms with Crippen LogP contribution in [0.4, 0.5) is 0 Å². The molecule has 0 aromatic carbocycles. The number of methoxy groups -OCH3 is 1. The second-order valence-electron chi connectivity index (χ2n) is 4.41. The van der Waals surface area contributed by atoms with Crippen LogP contribution in [0.3, 0.4) is 0 Å². The number of ether oxygens (including phenoxy) is 2. The maximum Gasteiger partial charge on any atom is 0.336 e. The first kappa shape index (κ1) is 12.0. The van der Waals surface area contributed by atoms with Gasteiger partial charge >= 0.3 is 11.9 Å². The Bertz CT molecular complexity index is 284. The summed E-state index contributed by atoms with van der Waals surface area (Å²) >= 11 is 0. The highest BCUT2D eigenvalue weighted by Gasteiger charge is 2.51. The van der Waals surface area contributed by atoms with Gasteiger partial charge in [0.15, 0.2) is 5.60 Å². The largest absolute Gasteiger partial charge is 0.479 e. The molecule has 1 saturated heterocycles. The number of carboxylic acid groups (broad SMARTS) is 1. The summed E-state index contributed by atoms with van der Waals surface area (Å²) in [6, 6.07) is 0. The van der Waals surface area contributed by atoms with Crippen LogP contribution in [-0.2, 0) is 19.1 Å². The first-order chi connectivity index (χ1) is 6.81. The van der Waals surface area contributed by atoms with Crippen LogP contribution in [0, 0.1) is 0 Å². The van der Waals surface area contributed by atoms with E-state index in [1.54, 1.807) is 0 Å². The minimum atomic E-state index is -1.41. The molecule has 1 N–H and O–H groups in total. The van der Waals surface area contributed by atoms with E-state index in [0.29, 0.717) is 12.8 Å². The van der Waals surface area contributed by atoms with Crippen molar-refractivity contribution in [3.05, 3.63) is 0 Å². The molecule has 0 radical (unpaired) electrons. The Morgan fingerprint density at radius 1 is 1.40 bits per heavy atom. The van der Waals surface area contributed by atoms with Gasteiger partial charge in [-0.05, 0) is 26.7 Å². The summed E-state index contributed by atoms with van der Waals surface area (Å²) in [4.78, 5) is 22.3. The maximum atomic E-state index is 11.1. The van der Waals surface area contributed by atoms with Gasteiger partial charge in [0.2, 0.25) is 0 Å². The Balaban J connectivity index is 2.83. The average Bonchev–Trinajstić information content (AvgIpc) is 2.43. The summed E-state index contributed by atoms with van der Waals surface area (Å²) in [5.41, 5.74) is -1.90. The molecule has 0 aromatic rings. The highest BCUT2D eigenvalue weighted by molar-refractivity contribution is 5.85. The normalized spacial score (nSPS) is 28.7. The van der Waals surface area contributed by atoms with E-state index in [9.17, 15) is 9.59 Å². The van der Waals surface area contributed by atoms with Crippen LogP contribution in [0.1, 0.15) is 33.1 Å². The van der Waals surface area contributed by atoms with Crippen molar-refractivity contribution in [1.82, 2.24) is 0 Å². The van der Waals surface area contributed by atoms with E-state index in [-0.39, 0.29) is 6.42 Å². The molecule has 86 valence electrons. The topological polar surface area (TPSA) is 72.8 Å². The first-order valence-corrected chi connectivity index (χ1v) is 4.82. The summed E-state index contributed by atoms with van der Waals surface area (Å²) < 4.78 is 9.94. The Kier molecular flexibility index (Phi) is 3.04. The van der Waals surface area contributed by atoms with E-state index in [1.165, 1.54) is 7.11 Å². The minimum absolute atomic E-state index is 0.234. The van der Waals surface area contributed by atoms with Gasteiger partial charge in [0.05, 0.1) is 19.1 Å². The van der Waals surface area contributed by atoms with Crippen LogP contribution in [0.5, 0.6) is 0 Å². The van der Waals surface area contributed by atoms with Crippen LogP contribution in [0.2, 0.25) is 0 Å². The molecule has 1 aliphatic rings. The number of rotatable bonds is 3. The van der Waals surface area contributed by atoms with Crippen molar-refractivity contribution in [1.29, 1.82) is 0 Å². The van der Waals surface area contributed by atoms with Crippen molar-refractivity contribution in [2.75, 3.05) is 7.11 Å². The van der Waals surface area contributed by atoms with Gasteiger partial charge in [0.1, 0.15) is 0 Å². The molecule has 0 bridgehead atoms. The smallest absolute Gasteiger partial charge is 0.336 e. The highest BCUT2D eigenvalue weighted by atomic mass is 16.6. The monoisotopic (exact) mass is 216 g/mol. The van der Waals surface area contributed by atoms with Crippen molar-refractivity contribution in [3.8, 4) is 0 Å². The van der Waals surface area contributed by atoms with Crippen molar-refractivity contribution < 1.29 is 24.2 Å². The second kappa shape index (κ2) is 3.81. The van der Waals surface area contributed by atoms with Gasteiger partial charge in [0, 0.05) is 0 Å². The zero-order valence-corrected chi connectivity index (χ0v) is 9.20. The van der Waals surface area contributed by atoms with E-state index in [0.717, 1.165) is 0 Å². The Morgan fingerprint density at radius 2 is 2.00 bits per heavy atom. The van der Waals surface area contributed by atoms with Crippen LogP contribution in [0.25, 0.3) is 0 Å². The standard InChI is InChI=1S/C10H16O5/c1-9(2)4-5-10(15-9,8(12)13)6-7(11)14-3/h4-6H2,1-3H3,(H,12,13)/t10-/m1/s1. The predicted octanol–water partition coefficient (Wildman–Crippen LogP) is 0.962. The molecule has 0 aromatic heterocycles. The lowest BCUT2D eigenvalue weighted by atomic mass is 9.94. The molecule has 0 amide bonds. The molecule has 5 nitrogen and oxygen atoms in total. The second-order valence-corrected chi connectivity index (χ2v) is 4.41. The summed E-state index contributed by atoms with van der Waals surface area (Å²) in [5.74, 6) is -1.66. The Hall–Kier alpha value is -1.10. The van der Waals surface area contributed by atoms with Gasteiger partial charge < -0.3 is 14.6 Å². The third kappa shape index (κ3) is 2.47. The van der Waals surface area contributed by atoms with Crippen molar-refractivity contribution in [2.45, 2.75) is 44.3 Å². The van der Waals surface area contributed by atoms with Crippen molar-refractivity contribution in [2.24, 2.45) is 0 Å². The molecule has 1 rings (SSSR count). The number of carbonyl (C=O) groups excluding carboxylic acids is 1. The van der Waals surface area contributed by atoms with Gasteiger partial charge in [-0.3, -0.25) is 4.79 Å². The highest BCUT2D eigenvalue weighted by Crippen LogP contribution is 2.40. The molecule has 1 atom stereocenters. The maximum absolute atomic E-state index is 11.1. The third-order valence-corrected chi connectivity index (χ3v) is 2.65. The van der Waals surface area contributed by atoms with Crippen LogP contribution < -0.4 is 0 Å². The quantitative estimate of drug-likeness (QED) is 0.711. The van der Waals surface area contributed by atoms with Crippen LogP contribution >= 0.6 is 0 Å². The molecule has 0 spiro atoms. The van der Waals surface area contributed by atoms with Gasteiger partial charge in [0.25, 0.3) is 0 Å². The molecule has 15 heavy (non-hydrogen) atoms. The zero-order chi connectivity index (χ0) is 11.7. The summed E-state index contributed by atoms with van der Waals surface area (Å²) in [5, 5.41) is 9.11. The lowest BCUT2D eigenvalue weighted by Gasteiger charge is -2.26. The molecular formula is C10H16O5. The van der Waals surface area contributed by atoms with Gasteiger partial charge in [-0.1, -0.05) is 0 Å². The molecular weight excluding hydrogens is 200 g/mol. The number of esters is 1. The molecule has 1 heterocycles. The van der Waals surface area contributed by atoms with E-state index in [2.05, 4.69) is 4.74 Å². The Morgan fingerprint density at radius 3 is 2.33 bits per heavy atom. The van der Waals surface area contributed by atoms with Gasteiger partial charge in [-0.25, -0.2) is 4.79 Å². The van der Waals surface area contributed by atoms with E-state index in [1.807, 2.05) is 13.8 Å². The fraction of sp³-hybridized carbons (Fsp3) is 0.800. The van der Waals surface area contributed by atoms with Gasteiger partial charge in [-0.2, -0.15) is 0 Å². The summed E-state index contributed by atoms with van der Waals surface area (Å²) in [7, 11) is 1.23. The SMILES string of the molecule is COC(=O)C[C@@]1(C(=O)O)CCC(C)(C)O1. The van der Waals surface area contributed by atoms with Crippen molar-refractivity contribution >= 4 is 11.9 Å². The molecule has 0 unspecified atom stereocenters. The number of aliphatic carboxylic acids is 1. The number of hydrogen-bond donors (Lipinski definition) is 1.